The van der Waals surface area contributed by atoms with E-state index in [-0.39, 0.29) is 24.0 Å². The van der Waals surface area contributed by atoms with Gasteiger partial charge in [0, 0.05) is 19.2 Å². The van der Waals surface area contributed by atoms with Gasteiger partial charge >= 0.3 is 0 Å². The first-order valence-corrected chi connectivity index (χ1v) is 3.73. The standard InChI is InChI=1S/C8H13N3O.HI/c1-6-7(3-4-12-6)5-11-8(9)10-2;/h3-4H,5H2,1-2H3,(H3,9,10,11);1H. The molecule has 0 fully saturated rings. The third-order valence-electron chi connectivity index (χ3n) is 1.67. The van der Waals surface area contributed by atoms with Crippen molar-refractivity contribution >= 4 is 29.9 Å². The minimum absolute atomic E-state index is 0. The van der Waals surface area contributed by atoms with Gasteiger partial charge in [-0.2, -0.15) is 0 Å². The maximum Gasteiger partial charge on any atom is 0.188 e. The van der Waals surface area contributed by atoms with Gasteiger partial charge in [0.25, 0.3) is 0 Å². The number of furan rings is 1. The van der Waals surface area contributed by atoms with Crippen LogP contribution in [0.15, 0.2) is 21.7 Å². The molecule has 13 heavy (non-hydrogen) atoms. The molecule has 0 saturated carbocycles. The summed E-state index contributed by atoms with van der Waals surface area (Å²) >= 11 is 0. The Kier molecular flexibility index (Phi) is 5.52. The van der Waals surface area contributed by atoms with Crippen LogP contribution in [-0.4, -0.2) is 13.0 Å². The van der Waals surface area contributed by atoms with E-state index in [2.05, 4.69) is 10.3 Å². The second-order valence-corrected chi connectivity index (χ2v) is 2.46. The second-order valence-electron chi connectivity index (χ2n) is 2.46. The van der Waals surface area contributed by atoms with Crippen LogP contribution in [0.4, 0.5) is 0 Å². The van der Waals surface area contributed by atoms with E-state index < -0.39 is 0 Å². The van der Waals surface area contributed by atoms with Crippen LogP contribution >= 0.6 is 24.0 Å². The van der Waals surface area contributed by atoms with Gasteiger partial charge in [0.1, 0.15) is 5.76 Å². The molecule has 0 radical (unpaired) electrons. The lowest BCUT2D eigenvalue weighted by molar-refractivity contribution is 0.529. The number of aliphatic imine (C=N–C) groups is 1. The first-order valence-electron chi connectivity index (χ1n) is 3.73. The highest BCUT2D eigenvalue weighted by molar-refractivity contribution is 14.0. The van der Waals surface area contributed by atoms with E-state index in [1.54, 1.807) is 13.3 Å². The largest absolute Gasteiger partial charge is 0.469 e. The van der Waals surface area contributed by atoms with Crippen molar-refractivity contribution in [2.75, 3.05) is 7.05 Å². The van der Waals surface area contributed by atoms with Crippen LogP contribution < -0.4 is 11.1 Å². The summed E-state index contributed by atoms with van der Waals surface area (Å²) in [6.45, 7) is 2.57. The molecule has 0 amide bonds. The first-order chi connectivity index (χ1) is 5.74. The number of nitrogens with zero attached hydrogens (tertiary/aromatic N) is 1. The fourth-order valence-electron chi connectivity index (χ4n) is 0.859. The highest BCUT2D eigenvalue weighted by Gasteiger charge is 1.99. The molecule has 74 valence electrons. The molecule has 1 aromatic heterocycles. The Hall–Kier alpha value is -0.720. The molecular weight excluding hydrogens is 281 g/mol. The van der Waals surface area contributed by atoms with Gasteiger partial charge in [-0.1, -0.05) is 0 Å². The van der Waals surface area contributed by atoms with Gasteiger partial charge in [0.15, 0.2) is 5.96 Å². The number of nitrogens with one attached hydrogen (secondary N) is 1. The quantitative estimate of drug-likeness (QED) is 0.490. The molecule has 3 N–H and O–H groups in total. The molecule has 0 aromatic carbocycles. The number of nitrogens with two attached hydrogens (primary N) is 1. The van der Waals surface area contributed by atoms with E-state index in [0.29, 0.717) is 12.5 Å². The zero-order valence-corrected chi connectivity index (χ0v) is 10.0. The van der Waals surface area contributed by atoms with Crippen molar-refractivity contribution in [3.63, 3.8) is 0 Å². The topological polar surface area (TPSA) is 63.5 Å². The molecule has 0 aliphatic carbocycles. The van der Waals surface area contributed by atoms with Crippen LogP contribution in [0.25, 0.3) is 0 Å². The summed E-state index contributed by atoms with van der Waals surface area (Å²) in [5.74, 6) is 1.35. The summed E-state index contributed by atoms with van der Waals surface area (Å²) in [6.07, 6.45) is 1.66. The van der Waals surface area contributed by atoms with Gasteiger partial charge in [0.2, 0.25) is 0 Å². The van der Waals surface area contributed by atoms with Crippen LogP contribution in [0.2, 0.25) is 0 Å². The molecule has 4 nitrogen and oxygen atoms in total. The molecule has 1 rings (SSSR count). The fraction of sp³-hybridized carbons (Fsp3) is 0.375. The Morgan fingerprint density at radius 1 is 1.69 bits per heavy atom. The maximum absolute atomic E-state index is 5.45. The Labute approximate surface area is 94.6 Å². The van der Waals surface area contributed by atoms with Crippen LogP contribution in [-0.2, 0) is 6.54 Å². The minimum atomic E-state index is 0. The average molecular weight is 295 g/mol. The van der Waals surface area contributed by atoms with Gasteiger partial charge in [-0.05, 0) is 13.0 Å². The van der Waals surface area contributed by atoms with Gasteiger partial charge < -0.3 is 15.5 Å². The number of guanidine groups is 1. The fourth-order valence-corrected chi connectivity index (χ4v) is 0.859. The zero-order valence-electron chi connectivity index (χ0n) is 7.70. The molecule has 0 bridgehead atoms. The number of rotatable bonds is 2. The Bertz CT molecular complexity index is 283. The minimum Gasteiger partial charge on any atom is -0.469 e. The van der Waals surface area contributed by atoms with E-state index in [1.807, 2.05) is 13.0 Å². The summed E-state index contributed by atoms with van der Waals surface area (Å²) in [7, 11) is 1.64. The van der Waals surface area contributed by atoms with Gasteiger partial charge in [-0.15, -0.1) is 24.0 Å². The van der Waals surface area contributed by atoms with Gasteiger partial charge in [-0.25, -0.2) is 0 Å². The Morgan fingerprint density at radius 2 is 2.38 bits per heavy atom. The lowest BCUT2D eigenvalue weighted by atomic mass is 10.2. The van der Waals surface area contributed by atoms with Crippen molar-refractivity contribution in [2.45, 2.75) is 13.5 Å². The predicted molar refractivity (Wildman–Crippen MR) is 63.2 cm³/mol. The van der Waals surface area contributed by atoms with E-state index in [9.17, 15) is 0 Å². The lowest BCUT2D eigenvalue weighted by Gasteiger charge is -2.02. The Balaban J connectivity index is 0.00000144. The highest BCUT2D eigenvalue weighted by atomic mass is 127. The van der Waals surface area contributed by atoms with Crippen LogP contribution in [0.3, 0.4) is 0 Å². The van der Waals surface area contributed by atoms with Gasteiger partial charge in [0.05, 0.1) is 6.26 Å². The third kappa shape index (κ3) is 3.67. The molecule has 0 saturated heterocycles. The maximum atomic E-state index is 5.45. The molecule has 5 heteroatoms. The number of hydrogen-bond donors (Lipinski definition) is 2. The zero-order chi connectivity index (χ0) is 8.97. The SMILES string of the molecule is CN=C(N)NCc1ccoc1C.I. The van der Waals surface area contributed by atoms with Crippen molar-refractivity contribution in [1.82, 2.24) is 5.32 Å². The van der Waals surface area contributed by atoms with Crippen LogP contribution in [0, 0.1) is 6.92 Å². The van der Waals surface area contributed by atoms with E-state index in [4.69, 9.17) is 10.2 Å². The number of hydrogen-bond acceptors (Lipinski definition) is 2. The highest BCUT2D eigenvalue weighted by Crippen LogP contribution is 2.07. The molecule has 0 aliphatic rings. The summed E-state index contributed by atoms with van der Waals surface area (Å²) in [5.41, 5.74) is 6.55. The van der Waals surface area contributed by atoms with E-state index in [1.165, 1.54) is 0 Å². The van der Waals surface area contributed by atoms with Crippen LogP contribution in [0.5, 0.6) is 0 Å². The first kappa shape index (κ1) is 12.3. The molecule has 0 aliphatic heterocycles. The number of halogens is 1. The van der Waals surface area contributed by atoms with E-state index >= 15 is 0 Å². The average Bonchev–Trinajstić information content (AvgIpc) is 2.47. The lowest BCUT2D eigenvalue weighted by Crippen LogP contribution is -2.30. The summed E-state index contributed by atoms with van der Waals surface area (Å²) in [4.78, 5) is 3.77. The molecule has 0 unspecified atom stereocenters. The smallest absolute Gasteiger partial charge is 0.188 e. The summed E-state index contributed by atoms with van der Waals surface area (Å²) in [6, 6.07) is 1.91. The second kappa shape index (κ2) is 5.85. The Morgan fingerprint density at radius 3 is 2.85 bits per heavy atom. The molecular formula is C8H14IN3O. The monoisotopic (exact) mass is 295 g/mol. The van der Waals surface area contributed by atoms with Crippen molar-refractivity contribution in [3.8, 4) is 0 Å². The van der Waals surface area contributed by atoms with Crippen LogP contribution in [0.1, 0.15) is 11.3 Å². The molecule has 1 heterocycles. The van der Waals surface area contributed by atoms with Gasteiger partial charge in [-0.3, -0.25) is 4.99 Å². The van der Waals surface area contributed by atoms with Crippen molar-refractivity contribution in [1.29, 1.82) is 0 Å². The predicted octanol–water partition coefficient (Wildman–Crippen LogP) is 1.24. The normalized spacial score (nSPS) is 10.8. The third-order valence-corrected chi connectivity index (χ3v) is 1.67. The number of aryl methyl sites for hydroxylation is 1. The molecule has 0 spiro atoms. The van der Waals surface area contributed by atoms with Crippen molar-refractivity contribution < 1.29 is 4.42 Å². The van der Waals surface area contributed by atoms with Crippen molar-refractivity contribution in [3.05, 3.63) is 23.7 Å². The van der Waals surface area contributed by atoms with E-state index in [0.717, 1.165) is 11.3 Å². The van der Waals surface area contributed by atoms with Crippen molar-refractivity contribution in [2.24, 2.45) is 10.7 Å². The molecule has 1 aromatic rings. The summed E-state index contributed by atoms with van der Waals surface area (Å²) < 4.78 is 5.11. The summed E-state index contributed by atoms with van der Waals surface area (Å²) in [5, 5.41) is 2.94. The molecule has 0 atom stereocenters.